The lowest BCUT2D eigenvalue weighted by atomic mass is 9.96. The second-order valence-electron chi connectivity index (χ2n) is 7.36. The fraction of sp³-hybridized carbons (Fsp3) is 0.200. The van der Waals surface area contributed by atoms with Crippen molar-refractivity contribution in [2.24, 2.45) is 0 Å². The van der Waals surface area contributed by atoms with Crippen LogP contribution in [0.2, 0.25) is 0 Å². The van der Waals surface area contributed by atoms with E-state index in [4.69, 9.17) is 4.74 Å². The SMILES string of the molecule is CCOc1cccc([C@H](Nc2cccc(C)[nH+]2)c2ccc3ccc(C)nc3c2O)c1. The molecule has 152 valence electrons. The second-order valence-corrected chi connectivity index (χ2v) is 7.36. The quantitative estimate of drug-likeness (QED) is 0.479. The van der Waals surface area contributed by atoms with Gasteiger partial charge in [-0.05, 0) is 51.1 Å². The van der Waals surface area contributed by atoms with Gasteiger partial charge >= 0.3 is 0 Å². The number of rotatable bonds is 6. The number of aromatic nitrogens is 2. The van der Waals surface area contributed by atoms with Gasteiger partial charge in [-0.2, -0.15) is 0 Å². The number of nitrogens with zero attached hydrogens (tertiary/aromatic N) is 1. The van der Waals surface area contributed by atoms with Gasteiger partial charge < -0.3 is 9.84 Å². The first-order chi connectivity index (χ1) is 14.5. The van der Waals surface area contributed by atoms with Crippen molar-refractivity contribution in [2.45, 2.75) is 26.8 Å². The number of hydrogen-bond donors (Lipinski definition) is 2. The fourth-order valence-corrected chi connectivity index (χ4v) is 3.64. The Labute approximate surface area is 176 Å². The average Bonchev–Trinajstić information content (AvgIpc) is 2.74. The number of phenols is 1. The van der Waals surface area contributed by atoms with E-state index in [-0.39, 0.29) is 11.8 Å². The molecule has 0 saturated heterocycles. The highest BCUT2D eigenvalue weighted by atomic mass is 16.5. The highest BCUT2D eigenvalue weighted by Crippen LogP contribution is 2.37. The van der Waals surface area contributed by atoms with Gasteiger partial charge in [0.05, 0.1) is 12.3 Å². The molecule has 4 aromatic rings. The summed E-state index contributed by atoms with van der Waals surface area (Å²) in [6.07, 6.45) is 0. The van der Waals surface area contributed by atoms with Crippen molar-refractivity contribution < 1.29 is 14.8 Å². The lowest BCUT2D eigenvalue weighted by Crippen LogP contribution is -2.20. The Balaban J connectivity index is 1.85. The first-order valence-electron chi connectivity index (χ1n) is 10.1. The van der Waals surface area contributed by atoms with Crippen LogP contribution in [0.25, 0.3) is 10.9 Å². The van der Waals surface area contributed by atoms with Crippen LogP contribution in [0.15, 0.2) is 66.7 Å². The minimum absolute atomic E-state index is 0.183. The molecule has 0 aliphatic heterocycles. The maximum atomic E-state index is 11.2. The fourth-order valence-electron chi connectivity index (χ4n) is 3.64. The lowest BCUT2D eigenvalue weighted by molar-refractivity contribution is -0.371. The van der Waals surface area contributed by atoms with Crippen LogP contribution in [0.1, 0.15) is 35.5 Å². The zero-order chi connectivity index (χ0) is 21.1. The van der Waals surface area contributed by atoms with E-state index in [1.807, 2.05) is 87.5 Å². The molecule has 2 aromatic heterocycles. The summed E-state index contributed by atoms with van der Waals surface area (Å²) in [6.45, 7) is 6.50. The Hall–Kier alpha value is -3.60. The maximum Gasteiger partial charge on any atom is 0.273 e. The summed E-state index contributed by atoms with van der Waals surface area (Å²) in [6, 6.07) is 21.5. The van der Waals surface area contributed by atoms with Gasteiger partial charge in [-0.25, -0.2) is 9.97 Å². The van der Waals surface area contributed by atoms with Crippen LogP contribution >= 0.6 is 0 Å². The standard InChI is InChI=1S/C25H25N3O2/c1-4-30-20-9-6-8-19(15-20)23(28-22-10-5-7-16(2)26-22)21-14-13-18-12-11-17(3)27-24(18)25(21)29/h5-15,23,29H,4H2,1-3H3,(H,26,28)/p+1/t23-/m0/s1. The molecule has 0 aliphatic rings. The highest BCUT2D eigenvalue weighted by molar-refractivity contribution is 5.86. The van der Waals surface area contributed by atoms with Crippen LogP contribution in [0.4, 0.5) is 5.82 Å². The van der Waals surface area contributed by atoms with E-state index >= 15 is 0 Å². The van der Waals surface area contributed by atoms with E-state index < -0.39 is 0 Å². The highest BCUT2D eigenvalue weighted by Gasteiger charge is 2.25. The third-order valence-corrected chi connectivity index (χ3v) is 5.06. The number of H-pyrrole nitrogens is 1. The average molecular weight is 401 g/mol. The molecule has 2 heterocycles. The Kier molecular flexibility index (Phi) is 5.53. The molecule has 5 nitrogen and oxygen atoms in total. The molecule has 0 fully saturated rings. The van der Waals surface area contributed by atoms with Crippen LogP contribution in [0.5, 0.6) is 11.5 Å². The number of benzene rings is 2. The monoisotopic (exact) mass is 400 g/mol. The lowest BCUT2D eigenvalue weighted by Gasteiger charge is -2.18. The summed E-state index contributed by atoms with van der Waals surface area (Å²) < 4.78 is 5.71. The molecule has 0 unspecified atom stereocenters. The van der Waals surface area contributed by atoms with Crippen LogP contribution in [-0.4, -0.2) is 16.7 Å². The predicted molar refractivity (Wildman–Crippen MR) is 119 cm³/mol. The van der Waals surface area contributed by atoms with Gasteiger partial charge in [0.1, 0.15) is 23.1 Å². The number of pyridine rings is 2. The zero-order valence-electron chi connectivity index (χ0n) is 17.4. The summed E-state index contributed by atoms with van der Waals surface area (Å²) in [5, 5.41) is 15.6. The minimum Gasteiger partial charge on any atom is -0.505 e. The molecule has 0 spiro atoms. The van der Waals surface area contributed by atoms with Gasteiger partial charge in [0.2, 0.25) is 0 Å². The van der Waals surface area contributed by atoms with Crippen molar-refractivity contribution in [2.75, 3.05) is 11.9 Å². The summed E-state index contributed by atoms with van der Waals surface area (Å²) in [5.74, 6) is 1.84. The van der Waals surface area contributed by atoms with Gasteiger partial charge in [-0.15, -0.1) is 0 Å². The maximum absolute atomic E-state index is 11.2. The van der Waals surface area contributed by atoms with Gasteiger partial charge in [-0.1, -0.05) is 30.3 Å². The summed E-state index contributed by atoms with van der Waals surface area (Å²) in [4.78, 5) is 7.91. The molecule has 0 bridgehead atoms. The minimum atomic E-state index is -0.296. The first-order valence-corrected chi connectivity index (χ1v) is 10.1. The Bertz CT molecular complexity index is 1190. The number of aromatic hydroxyl groups is 1. The van der Waals surface area contributed by atoms with Gasteiger partial charge in [0.25, 0.3) is 5.82 Å². The molecule has 3 N–H and O–H groups in total. The van der Waals surface area contributed by atoms with Crippen molar-refractivity contribution in [1.29, 1.82) is 0 Å². The first kappa shape index (κ1) is 19.7. The van der Waals surface area contributed by atoms with Crippen molar-refractivity contribution in [3.8, 4) is 11.5 Å². The number of fused-ring (bicyclic) bond motifs is 1. The van der Waals surface area contributed by atoms with E-state index in [1.54, 1.807) is 0 Å². The molecular formula is C25H26N3O2+. The topological polar surface area (TPSA) is 68.5 Å². The Morgan fingerprint density at radius 1 is 1.03 bits per heavy atom. The van der Waals surface area contributed by atoms with Gasteiger partial charge in [-0.3, -0.25) is 5.32 Å². The van der Waals surface area contributed by atoms with E-state index in [9.17, 15) is 5.11 Å². The zero-order valence-corrected chi connectivity index (χ0v) is 17.4. The van der Waals surface area contributed by atoms with Crippen LogP contribution < -0.4 is 15.0 Å². The van der Waals surface area contributed by atoms with Crippen molar-refractivity contribution >= 4 is 16.7 Å². The predicted octanol–water partition coefficient (Wildman–Crippen LogP) is 4.97. The normalized spacial score (nSPS) is 12.0. The number of aromatic amines is 1. The molecule has 0 saturated carbocycles. The third kappa shape index (κ3) is 4.06. The van der Waals surface area contributed by atoms with Crippen molar-refractivity contribution in [3.63, 3.8) is 0 Å². The Morgan fingerprint density at radius 3 is 2.63 bits per heavy atom. The van der Waals surface area contributed by atoms with E-state index in [0.717, 1.165) is 39.5 Å². The van der Waals surface area contributed by atoms with Gasteiger partial charge in [0.15, 0.2) is 0 Å². The molecular weight excluding hydrogens is 374 g/mol. The van der Waals surface area contributed by atoms with Gasteiger partial charge in [0, 0.05) is 28.3 Å². The number of anilines is 1. The molecule has 1 atom stereocenters. The summed E-state index contributed by atoms with van der Waals surface area (Å²) >= 11 is 0. The molecule has 30 heavy (non-hydrogen) atoms. The van der Waals surface area contributed by atoms with Crippen molar-refractivity contribution in [3.05, 3.63) is 89.2 Å². The smallest absolute Gasteiger partial charge is 0.273 e. The number of aryl methyl sites for hydroxylation is 2. The number of phenolic OH excluding ortho intramolecular Hbond substituents is 1. The molecule has 4 rings (SSSR count). The van der Waals surface area contributed by atoms with E-state index in [2.05, 4.69) is 15.3 Å². The number of nitrogens with one attached hydrogen (secondary N) is 2. The van der Waals surface area contributed by atoms with E-state index in [0.29, 0.717) is 12.1 Å². The van der Waals surface area contributed by atoms with Crippen LogP contribution in [-0.2, 0) is 0 Å². The molecule has 0 aliphatic carbocycles. The molecule has 2 aromatic carbocycles. The number of hydrogen-bond acceptors (Lipinski definition) is 4. The summed E-state index contributed by atoms with van der Waals surface area (Å²) in [5.41, 5.74) is 4.25. The third-order valence-electron chi connectivity index (χ3n) is 5.06. The molecule has 0 amide bonds. The number of ether oxygens (including phenoxy) is 1. The Morgan fingerprint density at radius 2 is 1.83 bits per heavy atom. The van der Waals surface area contributed by atoms with Crippen LogP contribution in [0, 0.1) is 13.8 Å². The molecule has 0 radical (unpaired) electrons. The summed E-state index contributed by atoms with van der Waals surface area (Å²) in [7, 11) is 0. The second kappa shape index (κ2) is 8.41. The largest absolute Gasteiger partial charge is 0.505 e. The molecule has 5 heteroatoms. The van der Waals surface area contributed by atoms with Crippen LogP contribution in [0.3, 0.4) is 0 Å². The van der Waals surface area contributed by atoms with Crippen molar-refractivity contribution in [1.82, 2.24) is 4.98 Å². The van der Waals surface area contributed by atoms with E-state index in [1.165, 1.54) is 0 Å².